The number of nitrogens with zero attached hydrogens (tertiary/aromatic N) is 3. The Morgan fingerprint density at radius 1 is 1.25 bits per heavy atom. The van der Waals surface area contributed by atoms with Crippen molar-refractivity contribution < 1.29 is 5.11 Å². The summed E-state index contributed by atoms with van der Waals surface area (Å²) in [4.78, 5) is 4.52. The number of hydrogen-bond acceptors (Lipinski definition) is 3. The highest BCUT2D eigenvalue weighted by molar-refractivity contribution is 5.79. The highest BCUT2D eigenvalue weighted by Crippen LogP contribution is 2.21. The Hall–Kier alpha value is -1.56. The van der Waals surface area contributed by atoms with E-state index in [-0.39, 0.29) is 6.54 Å². The molecule has 1 unspecified atom stereocenters. The molecule has 0 fully saturated rings. The van der Waals surface area contributed by atoms with Gasteiger partial charge in [0.2, 0.25) is 0 Å². The van der Waals surface area contributed by atoms with Crippen LogP contribution < -0.4 is 10.6 Å². The predicted molar refractivity (Wildman–Crippen MR) is 100 cm³/mol. The summed E-state index contributed by atoms with van der Waals surface area (Å²) in [5.41, 5.74) is 0.138. The van der Waals surface area contributed by atoms with Crippen molar-refractivity contribution in [3.05, 3.63) is 18.0 Å². The Morgan fingerprint density at radius 2 is 1.96 bits per heavy atom. The van der Waals surface area contributed by atoms with Crippen LogP contribution in [0.2, 0.25) is 0 Å². The van der Waals surface area contributed by atoms with Gasteiger partial charge in [-0.15, -0.1) is 0 Å². The summed E-state index contributed by atoms with van der Waals surface area (Å²) in [7, 11) is 1.84. The van der Waals surface area contributed by atoms with Gasteiger partial charge in [-0.1, -0.05) is 27.2 Å². The van der Waals surface area contributed by atoms with Gasteiger partial charge in [0.15, 0.2) is 5.96 Å². The van der Waals surface area contributed by atoms with Gasteiger partial charge >= 0.3 is 0 Å². The quantitative estimate of drug-likeness (QED) is 0.387. The molecule has 1 atom stereocenters. The number of aromatic nitrogens is 2. The summed E-state index contributed by atoms with van der Waals surface area (Å²) >= 11 is 0. The SMILES string of the molecule is CCNC(=NCC(C)(O)c1cnn(C)c1)NCCCCC(C)(C)C. The molecule has 0 aromatic carbocycles. The fraction of sp³-hybridized carbons (Fsp3) is 0.778. The van der Waals surface area contributed by atoms with E-state index >= 15 is 0 Å². The lowest BCUT2D eigenvalue weighted by molar-refractivity contribution is 0.0672. The molecule has 0 aliphatic rings. The van der Waals surface area contributed by atoms with Gasteiger partial charge in [0, 0.05) is 31.9 Å². The zero-order valence-corrected chi connectivity index (χ0v) is 16.2. The molecule has 138 valence electrons. The average molecular weight is 338 g/mol. The van der Waals surface area contributed by atoms with Crippen molar-refractivity contribution in [3.8, 4) is 0 Å². The lowest BCUT2D eigenvalue weighted by atomic mass is 9.90. The maximum Gasteiger partial charge on any atom is 0.191 e. The van der Waals surface area contributed by atoms with Crippen molar-refractivity contribution in [1.82, 2.24) is 20.4 Å². The van der Waals surface area contributed by atoms with E-state index in [0.717, 1.165) is 31.0 Å². The largest absolute Gasteiger partial charge is 0.383 e. The first-order chi connectivity index (χ1) is 11.1. The molecule has 0 aliphatic heterocycles. The monoisotopic (exact) mass is 337 g/mol. The number of guanidine groups is 1. The first-order valence-corrected chi connectivity index (χ1v) is 8.88. The number of aliphatic imine (C=N–C) groups is 1. The Kier molecular flexibility index (Phi) is 7.73. The number of nitrogens with one attached hydrogen (secondary N) is 2. The molecule has 0 saturated carbocycles. The van der Waals surface area contributed by atoms with E-state index in [1.165, 1.54) is 12.8 Å². The van der Waals surface area contributed by atoms with Gasteiger partial charge in [-0.25, -0.2) is 4.99 Å². The maximum absolute atomic E-state index is 10.6. The number of aryl methyl sites for hydroxylation is 1. The van der Waals surface area contributed by atoms with Crippen LogP contribution in [-0.4, -0.2) is 40.5 Å². The summed E-state index contributed by atoms with van der Waals surface area (Å²) in [5.74, 6) is 0.748. The Bertz CT molecular complexity index is 514. The summed E-state index contributed by atoms with van der Waals surface area (Å²) in [6, 6.07) is 0. The number of aliphatic hydroxyl groups is 1. The molecular formula is C18H35N5O. The van der Waals surface area contributed by atoms with Crippen molar-refractivity contribution >= 4 is 5.96 Å². The van der Waals surface area contributed by atoms with Crippen molar-refractivity contribution in [2.45, 2.75) is 59.5 Å². The molecule has 1 rings (SSSR count). The smallest absolute Gasteiger partial charge is 0.191 e. The van der Waals surface area contributed by atoms with Crippen LogP contribution in [0.3, 0.4) is 0 Å². The highest BCUT2D eigenvalue weighted by atomic mass is 16.3. The second kappa shape index (κ2) is 9.06. The lowest BCUT2D eigenvalue weighted by Crippen LogP contribution is -2.39. The van der Waals surface area contributed by atoms with Gasteiger partial charge in [0.05, 0.1) is 12.7 Å². The fourth-order valence-electron chi connectivity index (χ4n) is 2.35. The molecule has 3 N–H and O–H groups in total. The number of rotatable bonds is 8. The maximum atomic E-state index is 10.6. The van der Waals surface area contributed by atoms with Crippen LogP contribution in [0.4, 0.5) is 0 Å². The van der Waals surface area contributed by atoms with E-state index in [9.17, 15) is 5.11 Å². The van der Waals surface area contributed by atoms with E-state index in [4.69, 9.17) is 0 Å². The van der Waals surface area contributed by atoms with E-state index in [1.807, 2.05) is 20.2 Å². The fourth-order valence-corrected chi connectivity index (χ4v) is 2.35. The van der Waals surface area contributed by atoms with E-state index in [0.29, 0.717) is 5.41 Å². The minimum absolute atomic E-state index is 0.288. The Labute approximate surface area is 146 Å². The zero-order chi connectivity index (χ0) is 18.2. The van der Waals surface area contributed by atoms with Gasteiger partial charge in [0.1, 0.15) is 5.60 Å². The average Bonchev–Trinajstić information content (AvgIpc) is 2.90. The third kappa shape index (κ3) is 7.81. The Balaban J connectivity index is 2.50. The third-order valence-electron chi connectivity index (χ3n) is 3.86. The lowest BCUT2D eigenvalue weighted by Gasteiger charge is -2.21. The molecule has 0 radical (unpaired) electrons. The minimum atomic E-state index is -1.02. The third-order valence-corrected chi connectivity index (χ3v) is 3.86. The Morgan fingerprint density at radius 3 is 2.50 bits per heavy atom. The first kappa shape index (κ1) is 20.5. The van der Waals surface area contributed by atoms with Crippen LogP contribution in [0, 0.1) is 5.41 Å². The second-order valence-corrected chi connectivity index (χ2v) is 7.82. The highest BCUT2D eigenvalue weighted by Gasteiger charge is 2.24. The molecule has 0 spiro atoms. The van der Waals surface area contributed by atoms with E-state index in [2.05, 4.69) is 41.5 Å². The van der Waals surface area contributed by atoms with Crippen molar-refractivity contribution in [2.24, 2.45) is 17.5 Å². The molecule has 0 aliphatic carbocycles. The predicted octanol–water partition coefficient (Wildman–Crippen LogP) is 2.40. The molecule has 1 aromatic rings. The first-order valence-electron chi connectivity index (χ1n) is 8.88. The van der Waals surface area contributed by atoms with Crippen LogP contribution in [0.25, 0.3) is 0 Å². The van der Waals surface area contributed by atoms with Crippen LogP contribution in [0.1, 0.15) is 59.4 Å². The minimum Gasteiger partial charge on any atom is -0.383 e. The molecular weight excluding hydrogens is 302 g/mol. The van der Waals surface area contributed by atoms with Crippen LogP contribution >= 0.6 is 0 Å². The van der Waals surface area contributed by atoms with Gasteiger partial charge in [0.25, 0.3) is 0 Å². The van der Waals surface area contributed by atoms with Crippen molar-refractivity contribution in [1.29, 1.82) is 0 Å². The summed E-state index contributed by atoms with van der Waals surface area (Å²) in [6.45, 7) is 12.6. The molecule has 24 heavy (non-hydrogen) atoms. The second-order valence-electron chi connectivity index (χ2n) is 7.82. The summed E-state index contributed by atoms with van der Waals surface area (Å²) in [6.07, 6.45) is 7.03. The van der Waals surface area contributed by atoms with E-state index in [1.54, 1.807) is 17.8 Å². The van der Waals surface area contributed by atoms with Crippen LogP contribution in [-0.2, 0) is 12.6 Å². The molecule has 6 nitrogen and oxygen atoms in total. The molecule has 1 aromatic heterocycles. The molecule has 6 heteroatoms. The summed E-state index contributed by atoms with van der Waals surface area (Å²) < 4.78 is 1.69. The number of unbranched alkanes of at least 4 members (excludes halogenated alkanes) is 1. The van der Waals surface area contributed by atoms with Gasteiger partial charge in [-0.2, -0.15) is 5.10 Å². The van der Waals surface area contributed by atoms with Gasteiger partial charge in [-0.3, -0.25) is 4.68 Å². The molecule has 0 bridgehead atoms. The van der Waals surface area contributed by atoms with Crippen LogP contribution in [0.15, 0.2) is 17.4 Å². The normalized spacial score (nSPS) is 15.2. The zero-order valence-electron chi connectivity index (χ0n) is 16.2. The van der Waals surface area contributed by atoms with Crippen molar-refractivity contribution in [3.63, 3.8) is 0 Å². The number of hydrogen-bond donors (Lipinski definition) is 3. The van der Waals surface area contributed by atoms with Gasteiger partial charge < -0.3 is 15.7 Å². The van der Waals surface area contributed by atoms with Crippen LogP contribution in [0.5, 0.6) is 0 Å². The van der Waals surface area contributed by atoms with Crippen molar-refractivity contribution in [2.75, 3.05) is 19.6 Å². The van der Waals surface area contributed by atoms with E-state index < -0.39 is 5.60 Å². The van der Waals surface area contributed by atoms with Gasteiger partial charge in [-0.05, 0) is 32.1 Å². The summed E-state index contributed by atoms with van der Waals surface area (Å²) in [5, 5.41) is 21.3. The molecule has 1 heterocycles. The topological polar surface area (TPSA) is 74.5 Å². The molecule has 0 saturated heterocycles. The molecule has 0 amide bonds. The standard InChI is InChI=1S/C18H35N5O/c1-7-19-16(20-11-9-8-10-17(2,3)4)21-14-18(5,24)15-12-22-23(6)13-15/h12-13,24H,7-11,14H2,1-6H3,(H2,19,20,21).